The molecule has 2 aliphatic rings. The molecule has 1 atom stereocenters. The van der Waals surface area contributed by atoms with E-state index in [1.54, 1.807) is 12.1 Å². The van der Waals surface area contributed by atoms with Crippen molar-refractivity contribution in [3.63, 3.8) is 0 Å². The maximum Gasteiger partial charge on any atom is 0.328 e. The van der Waals surface area contributed by atoms with E-state index in [-0.39, 0.29) is 19.0 Å². The van der Waals surface area contributed by atoms with Gasteiger partial charge in [0, 0.05) is 18.8 Å². The van der Waals surface area contributed by atoms with Crippen LogP contribution < -0.4 is 5.32 Å². The first kappa shape index (κ1) is 13.7. The van der Waals surface area contributed by atoms with Crippen molar-refractivity contribution in [2.75, 3.05) is 13.1 Å². The lowest BCUT2D eigenvalue weighted by Crippen LogP contribution is -2.59. The molecule has 0 radical (unpaired) electrons. The van der Waals surface area contributed by atoms with Gasteiger partial charge in [0.05, 0.1) is 0 Å². The van der Waals surface area contributed by atoms with E-state index in [0.29, 0.717) is 11.7 Å². The van der Waals surface area contributed by atoms with E-state index in [1.165, 1.54) is 0 Å². The highest BCUT2D eigenvalue weighted by Gasteiger charge is 2.37. The summed E-state index contributed by atoms with van der Waals surface area (Å²) in [5.74, 6) is -1.83. The number of piperazine rings is 1. The van der Waals surface area contributed by atoms with E-state index in [0.717, 1.165) is 24.2 Å². The SMILES string of the molecule is O=C1CN(C(=O)c2cccn2C2CCC2)C(C(=O)O)CN1. The first-order valence-corrected chi connectivity index (χ1v) is 7.05. The quantitative estimate of drug-likeness (QED) is 0.834. The second-order valence-corrected chi connectivity index (χ2v) is 5.48. The lowest BCUT2D eigenvalue weighted by atomic mass is 9.92. The van der Waals surface area contributed by atoms with Crippen molar-refractivity contribution < 1.29 is 19.5 Å². The number of carboxylic acid groups (broad SMARTS) is 1. The van der Waals surface area contributed by atoms with E-state index < -0.39 is 17.9 Å². The summed E-state index contributed by atoms with van der Waals surface area (Å²) in [5, 5.41) is 11.7. The average molecular weight is 291 g/mol. The summed E-state index contributed by atoms with van der Waals surface area (Å²) in [5.41, 5.74) is 0.459. The Kier molecular flexibility index (Phi) is 3.40. The normalized spacial score (nSPS) is 22.6. The predicted octanol–water partition coefficient (Wildman–Crippen LogP) is 0.238. The first-order valence-electron chi connectivity index (χ1n) is 7.05. The second kappa shape index (κ2) is 5.23. The number of nitrogens with zero attached hydrogens (tertiary/aromatic N) is 2. The molecule has 21 heavy (non-hydrogen) atoms. The van der Waals surface area contributed by atoms with Crippen LogP contribution in [0.2, 0.25) is 0 Å². The molecule has 7 nitrogen and oxygen atoms in total. The number of rotatable bonds is 3. The molecule has 1 aromatic rings. The molecule has 112 valence electrons. The summed E-state index contributed by atoms with van der Waals surface area (Å²) in [6.45, 7) is -0.268. The molecule has 1 aliphatic carbocycles. The van der Waals surface area contributed by atoms with Crippen molar-refractivity contribution in [3.05, 3.63) is 24.0 Å². The largest absolute Gasteiger partial charge is 0.480 e. The number of carboxylic acids is 1. The van der Waals surface area contributed by atoms with Crippen molar-refractivity contribution in [1.82, 2.24) is 14.8 Å². The van der Waals surface area contributed by atoms with Gasteiger partial charge in [0.2, 0.25) is 5.91 Å². The molecule has 1 saturated heterocycles. The second-order valence-electron chi connectivity index (χ2n) is 5.48. The van der Waals surface area contributed by atoms with Crippen molar-refractivity contribution in [2.24, 2.45) is 0 Å². The number of aromatic nitrogens is 1. The molecule has 0 bridgehead atoms. The van der Waals surface area contributed by atoms with Crippen LogP contribution in [-0.2, 0) is 9.59 Å². The third-order valence-corrected chi connectivity index (χ3v) is 4.19. The lowest BCUT2D eigenvalue weighted by Gasteiger charge is -2.34. The topological polar surface area (TPSA) is 91.6 Å². The summed E-state index contributed by atoms with van der Waals surface area (Å²) in [6, 6.07) is 2.76. The molecular weight excluding hydrogens is 274 g/mol. The van der Waals surface area contributed by atoms with Crippen LogP contribution in [0.1, 0.15) is 35.8 Å². The zero-order valence-corrected chi connectivity index (χ0v) is 11.5. The molecule has 0 aromatic carbocycles. The van der Waals surface area contributed by atoms with Gasteiger partial charge < -0.3 is 19.9 Å². The van der Waals surface area contributed by atoms with Gasteiger partial charge in [0.1, 0.15) is 18.3 Å². The minimum atomic E-state index is -1.11. The van der Waals surface area contributed by atoms with Gasteiger partial charge in [-0.1, -0.05) is 0 Å². The van der Waals surface area contributed by atoms with Crippen molar-refractivity contribution in [2.45, 2.75) is 31.3 Å². The molecular formula is C14H17N3O4. The highest BCUT2D eigenvalue weighted by Crippen LogP contribution is 2.33. The molecule has 7 heteroatoms. The summed E-state index contributed by atoms with van der Waals surface area (Å²) < 4.78 is 1.90. The van der Waals surface area contributed by atoms with E-state index in [2.05, 4.69) is 5.32 Å². The van der Waals surface area contributed by atoms with Gasteiger partial charge in [-0.25, -0.2) is 4.79 Å². The Morgan fingerprint density at radius 1 is 1.33 bits per heavy atom. The molecule has 1 unspecified atom stereocenters. The molecule has 2 heterocycles. The first-order chi connectivity index (χ1) is 10.1. The number of amides is 2. The minimum absolute atomic E-state index is 0.0515. The Bertz CT molecular complexity index is 591. The van der Waals surface area contributed by atoms with Crippen LogP contribution in [0.25, 0.3) is 0 Å². The van der Waals surface area contributed by atoms with Crippen LogP contribution in [0.5, 0.6) is 0 Å². The number of aliphatic carboxylic acids is 1. The van der Waals surface area contributed by atoms with E-state index in [1.807, 2.05) is 10.8 Å². The molecule has 1 aliphatic heterocycles. The van der Waals surface area contributed by atoms with E-state index in [4.69, 9.17) is 0 Å². The summed E-state index contributed by atoms with van der Waals surface area (Å²) in [6.07, 6.45) is 5.03. The Labute approximate surface area is 121 Å². The van der Waals surface area contributed by atoms with Gasteiger partial charge in [0.15, 0.2) is 0 Å². The maximum absolute atomic E-state index is 12.6. The molecule has 0 spiro atoms. The van der Waals surface area contributed by atoms with Crippen molar-refractivity contribution >= 4 is 17.8 Å². The zero-order valence-electron chi connectivity index (χ0n) is 11.5. The number of hydrogen-bond donors (Lipinski definition) is 2. The van der Waals surface area contributed by atoms with E-state index in [9.17, 15) is 19.5 Å². The zero-order chi connectivity index (χ0) is 15.0. The maximum atomic E-state index is 12.6. The van der Waals surface area contributed by atoms with Crippen molar-refractivity contribution in [3.8, 4) is 0 Å². The van der Waals surface area contributed by atoms with Gasteiger partial charge in [-0.05, 0) is 31.4 Å². The monoisotopic (exact) mass is 291 g/mol. The lowest BCUT2D eigenvalue weighted by molar-refractivity contribution is -0.144. The number of carbonyl (C=O) groups is 3. The average Bonchev–Trinajstić information content (AvgIpc) is 2.84. The van der Waals surface area contributed by atoms with Crippen molar-refractivity contribution in [1.29, 1.82) is 0 Å². The van der Waals surface area contributed by atoms with Crippen LogP contribution >= 0.6 is 0 Å². The van der Waals surface area contributed by atoms with Crippen LogP contribution in [0, 0.1) is 0 Å². The summed E-state index contributed by atoms with van der Waals surface area (Å²) >= 11 is 0. The van der Waals surface area contributed by atoms with Crippen LogP contribution in [-0.4, -0.2) is 51.5 Å². The van der Waals surface area contributed by atoms with Crippen LogP contribution in [0.15, 0.2) is 18.3 Å². The molecule has 2 fully saturated rings. The van der Waals surface area contributed by atoms with Gasteiger partial charge in [-0.15, -0.1) is 0 Å². The highest BCUT2D eigenvalue weighted by atomic mass is 16.4. The summed E-state index contributed by atoms with van der Waals surface area (Å²) in [7, 11) is 0. The number of nitrogens with one attached hydrogen (secondary N) is 1. The van der Waals surface area contributed by atoms with Gasteiger partial charge in [0.25, 0.3) is 5.91 Å². The molecule has 1 saturated carbocycles. The predicted molar refractivity (Wildman–Crippen MR) is 72.8 cm³/mol. The fraction of sp³-hybridized carbons (Fsp3) is 0.500. The fourth-order valence-corrected chi connectivity index (χ4v) is 2.78. The number of carbonyl (C=O) groups excluding carboxylic acids is 2. The highest BCUT2D eigenvalue weighted by molar-refractivity contribution is 5.99. The Hall–Kier alpha value is -2.31. The molecule has 2 amide bonds. The third-order valence-electron chi connectivity index (χ3n) is 4.19. The number of hydrogen-bond acceptors (Lipinski definition) is 3. The Balaban J connectivity index is 1.87. The molecule has 3 rings (SSSR count). The standard InChI is InChI=1S/C14H17N3O4/c18-12-8-17(11(7-15-12)14(20)21)13(19)10-5-2-6-16(10)9-3-1-4-9/h2,5-6,9,11H,1,3-4,7-8H2,(H,15,18)(H,20,21). The fourth-order valence-electron chi connectivity index (χ4n) is 2.78. The van der Waals surface area contributed by atoms with Gasteiger partial charge >= 0.3 is 5.97 Å². The summed E-state index contributed by atoms with van der Waals surface area (Å²) in [4.78, 5) is 36.6. The van der Waals surface area contributed by atoms with Crippen LogP contribution in [0.4, 0.5) is 0 Å². The Morgan fingerprint density at radius 2 is 2.10 bits per heavy atom. The Morgan fingerprint density at radius 3 is 2.71 bits per heavy atom. The van der Waals surface area contributed by atoms with Crippen LogP contribution in [0.3, 0.4) is 0 Å². The molecule has 1 aromatic heterocycles. The van der Waals surface area contributed by atoms with Gasteiger partial charge in [-0.2, -0.15) is 0 Å². The minimum Gasteiger partial charge on any atom is -0.480 e. The van der Waals surface area contributed by atoms with E-state index >= 15 is 0 Å². The van der Waals surface area contributed by atoms with Gasteiger partial charge in [-0.3, -0.25) is 9.59 Å². The third kappa shape index (κ3) is 2.39. The smallest absolute Gasteiger partial charge is 0.328 e. The molecule has 2 N–H and O–H groups in total.